The van der Waals surface area contributed by atoms with Crippen LogP contribution in [0.15, 0.2) is 41.6 Å². The molecule has 3 N–H and O–H groups in total. The Hall–Kier alpha value is -3.05. The third kappa shape index (κ3) is 7.01. The minimum Gasteiger partial charge on any atom is -0.460 e. The molecule has 36 heavy (non-hydrogen) atoms. The molecule has 0 amide bonds. The lowest BCUT2D eigenvalue weighted by molar-refractivity contribution is -0.155. The molecule has 2 aromatic heterocycles. The summed E-state index contributed by atoms with van der Waals surface area (Å²) in [5.41, 5.74) is 0.814. The van der Waals surface area contributed by atoms with Crippen LogP contribution in [0.1, 0.15) is 59.3 Å². The zero-order chi connectivity index (χ0) is 25.9. The van der Waals surface area contributed by atoms with E-state index in [4.69, 9.17) is 9.88 Å². The molecule has 10 nitrogen and oxygen atoms in total. The van der Waals surface area contributed by atoms with Crippen molar-refractivity contribution in [3.63, 3.8) is 0 Å². The van der Waals surface area contributed by atoms with Crippen LogP contribution in [-0.4, -0.2) is 39.7 Å². The number of fused-ring (bicyclic) bond motifs is 1. The van der Waals surface area contributed by atoms with Gasteiger partial charge in [-0.25, -0.2) is 23.2 Å². The van der Waals surface area contributed by atoms with Gasteiger partial charge in [-0.1, -0.05) is 18.9 Å². The van der Waals surface area contributed by atoms with Gasteiger partial charge in [0.15, 0.2) is 5.65 Å². The SMILES string of the molecule is CC(C)(C)OC(=O)CCC1CCC(Cn2ncc3cnc(Nc4cccc(S(N)(=O)=O)c4)nc32)CC1. The van der Waals surface area contributed by atoms with Gasteiger partial charge in [0, 0.05) is 24.8 Å². The molecule has 0 bridgehead atoms. The molecule has 0 radical (unpaired) electrons. The number of carbonyl (C=O) groups is 1. The molecular weight excluding hydrogens is 480 g/mol. The van der Waals surface area contributed by atoms with Crippen LogP contribution in [0.5, 0.6) is 0 Å². The number of sulfonamides is 1. The van der Waals surface area contributed by atoms with Crippen LogP contribution in [0.4, 0.5) is 11.6 Å². The van der Waals surface area contributed by atoms with Gasteiger partial charge in [0.1, 0.15) is 5.60 Å². The number of aromatic nitrogens is 4. The zero-order valence-corrected chi connectivity index (χ0v) is 21.8. The first-order valence-electron chi connectivity index (χ1n) is 12.3. The summed E-state index contributed by atoms with van der Waals surface area (Å²) in [6.07, 6.45) is 9.15. The summed E-state index contributed by atoms with van der Waals surface area (Å²) < 4.78 is 30.6. The zero-order valence-electron chi connectivity index (χ0n) is 21.0. The predicted molar refractivity (Wildman–Crippen MR) is 137 cm³/mol. The topological polar surface area (TPSA) is 142 Å². The highest BCUT2D eigenvalue weighted by molar-refractivity contribution is 7.89. The van der Waals surface area contributed by atoms with E-state index < -0.39 is 15.6 Å². The molecule has 0 saturated heterocycles. The van der Waals surface area contributed by atoms with Crippen LogP contribution in [0.3, 0.4) is 0 Å². The Morgan fingerprint density at radius 3 is 2.58 bits per heavy atom. The molecule has 4 rings (SSSR count). The molecule has 2 heterocycles. The summed E-state index contributed by atoms with van der Waals surface area (Å²) in [7, 11) is -3.80. The number of primary sulfonamides is 1. The van der Waals surface area contributed by atoms with E-state index in [1.54, 1.807) is 24.5 Å². The third-order valence-electron chi connectivity index (χ3n) is 6.37. The average Bonchev–Trinajstić information content (AvgIpc) is 3.19. The van der Waals surface area contributed by atoms with Gasteiger partial charge in [0.25, 0.3) is 0 Å². The maximum absolute atomic E-state index is 12.0. The number of rotatable bonds is 8. The molecule has 1 aliphatic rings. The summed E-state index contributed by atoms with van der Waals surface area (Å²) in [5.74, 6) is 1.27. The molecule has 1 aromatic carbocycles. The monoisotopic (exact) mass is 514 g/mol. The lowest BCUT2D eigenvalue weighted by atomic mass is 9.80. The molecule has 0 atom stereocenters. The maximum Gasteiger partial charge on any atom is 0.306 e. The van der Waals surface area contributed by atoms with E-state index in [2.05, 4.69) is 20.4 Å². The standard InChI is InChI=1S/C25H34N6O4S/c1-25(2,3)35-22(32)12-11-17-7-9-18(10-8-17)16-31-23-19(15-28-31)14-27-24(30-23)29-20-5-4-6-21(13-20)36(26,33)34/h4-6,13-15,17-18H,7-12,16H2,1-3H3,(H2,26,33,34)(H,27,29,30). The van der Waals surface area contributed by atoms with Crippen molar-refractivity contribution >= 4 is 38.7 Å². The number of esters is 1. The van der Waals surface area contributed by atoms with E-state index in [-0.39, 0.29) is 10.9 Å². The Morgan fingerprint density at radius 2 is 1.89 bits per heavy atom. The first-order valence-corrected chi connectivity index (χ1v) is 13.8. The highest BCUT2D eigenvalue weighted by atomic mass is 32.2. The number of hydrogen-bond donors (Lipinski definition) is 2. The van der Waals surface area contributed by atoms with Gasteiger partial charge in [0.05, 0.1) is 16.5 Å². The first kappa shape index (κ1) is 26.0. The van der Waals surface area contributed by atoms with E-state index >= 15 is 0 Å². The lowest BCUT2D eigenvalue weighted by Gasteiger charge is -2.28. The van der Waals surface area contributed by atoms with Gasteiger partial charge in [-0.2, -0.15) is 10.1 Å². The number of benzene rings is 1. The summed E-state index contributed by atoms with van der Waals surface area (Å²) in [5, 5.41) is 13.6. The second-order valence-electron chi connectivity index (χ2n) is 10.5. The average molecular weight is 515 g/mol. The van der Waals surface area contributed by atoms with Crippen LogP contribution in [0.2, 0.25) is 0 Å². The second kappa shape index (κ2) is 10.5. The molecule has 0 unspecified atom stereocenters. The highest BCUT2D eigenvalue weighted by Crippen LogP contribution is 2.33. The fourth-order valence-electron chi connectivity index (χ4n) is 4.60. The van der Waals surface area contributed by atoms with Crippen molar-refractivity contribution < 1.29 is 17.9 Å². The van der Waals surface area contributed by atoms with Gasteiger partial charge in [-0.15, -0.1) is 0 Å². The van der Waals surface area contributed by atoms with E-state index in [1.165, 1.54) is 12.1 Å². The Bertz CT molecular complexity index is 1320. The molecule has 0 aliphatic heterocycles. The van der Waals surface area contributed by atoms with Crippen molar-refractivity contribution in [2.75, 3.05) is 5.32 Å². The van der Waals surface area contributed by atoms with Crippen molar-refractivity contribution in [1.82, 2.24) is 19.7 Å². The Morgan fingerprint density at radius 1 is 1.17 bits per heavy atom. The minimum atomic E-state index is -3.80. The van der Waals surface area contributed by atoms with E-state index in [0.717, 1.165) is 49.7 Å². The van der Waals surface area contributed by atoms with Gasteiger partial charge in [0.2, 0.25) is 16.0 Å². The lowest BCUT2D eigenvalue weighted by Crippen LogP contribution is -2.25. The van der Waals surface area contributed by atoms with Crippen molar-refractivity contribution in [1.29, 1.82) is 0 Å². The molecule has 11 heteroatoms. The smallest absolute Gasteiger partial charge is 0.306 e. The van der Waals surface area contributed by atoms with Crippen LogP contribution in [0.25, 0.3) is 11.0 Å². The number of ether oxygens (including phenoxy) is 1. The highest BCUT2D eigenvalue weighted by Gasteiger charge is 2.24. The van der Waals surface area contributed by atoms with Crippen molar-refractivity contribution in [3.05, 3.63) is 36.7 Å². The molecule has 1 fully saturated rings. The van der Waals surface area contributed by atoms with Crippen LogP contribution in [0, 0.1) is 11.8 Å². The largest absolute Gasteiger partial charge is 0.460 e. The normalized spacial score (nSPS) is 18.8. The van der Waals surface area contributed by atoms with Gasteiger partial charge < -0.3 is 10.1 Å². The van der Waals surface area contributed by atoms with Crippen LogP contribution < -0.4 is 10.5 Å². The fourth-order valence-corrected chi connectivity index (χ4v) is 5.16. The molecule has 0 spiro atoms. The first-order chi connectivity index (χ1) is 17.0. The maximum atomic E-state index is 12.0. The van der Waals surface area contributed by atoms with Crippen molar-refractivity contribution in [2.24, 2.45) is 17.0 Å². The van der Waals surface area contributed by atoms with Gasteiger partial charge in [-0.05, 0) is 70.1 Å². The number of carbonyl (C=O) groups excluding carboxylic acids is 1. The van der Waals surface area contributed by atoms with Crippen molar-refractivity contribution in [3.8, 4) is 0 Å². The van der Waals surface area contributed by atoms with Gasteiger partial charge in [-0.3, -0.25) is 4.79 Å². The fraction of sp³-hybridized carbons (Fsp3) is 0.520. The number of hydrogen-bond acceptors (Lipinski definition) is 8. The number of anilines is 2. The third-order valence-corrected chi connectivity index (χ3v) is 7.28. The molecule has 1 aliphatic carbocycles. The molecular formula is C25H34N6O4S. The Labute approximate surface area is 211 Å². The summed E-state index contributed by atoms with van der Waals surface area (Å²) in [6, 6.07) is 6.21. The van der Waals surface area contributed by atoms with E-state index in [1.807, 2.05) is 25.5 Å². The van der Waals surface area contributed by atoms with Gasteiger partial charge >= 0.3 is 5.97 Å². The second-order valence-corrected chi connectivity index (χ2v) is 12.1. The Kier molecular flexibility index (Phi) is 7.60. The van der Waals surface area contributed by atoms with Crippen LogP contribution in [-0.2, 0) is 26.1 Å². The molecule has 3 aromatic rings. The summed E-state index contributed by atoms with van der Waals surface area (Å²) in [6.45, 7) is 6.44. The Balaban J connectivity index is 1.35. The van der Waals surface area contributed by atoms with Crippen LogP contribution >= 0.6 is 0 Å². The quantitative estimate of drug-likeness (QED) is 0.427. The number of nitrogens with two attached hydrogens (primary N) is 1. The summed E-state index contributed by atoms with van der Waals surface area (Å²) >= 11 is 0. The molecule has 1 saturated carbocycles. The number of nitrogens with zero attached hydrogens (tertiary/aromatic N) is 4. The molecule has 194 valence electrons. The van der Waals surface area contributed by atoms with Crippen molar-refractivity contribution in [2.45, 2.75) is 76.3 Å². The number of nitrogens with one attached hydrogen (secondary N) is 1. The summed E-state index contributed by atoms with van der Waals surface area (Å²) in [4.78, 5) is 21.0. The minimum absolute atomic E-state index is 0.0142. The predicted octanol–water partition coefficient (Wildman–Crippen LogP) is 4.15. The van der Waals surface area contributed by atoms with E-state index in [0.29, 0.717) is 29.9 Å². The van der Waals surface area contributed by atoms with E-state index in [9.17, 15) is 13.2 Å².